The highest BCUT2D eigenvalue weighted by molar-refractivity contribution is 5.93. The third-order valence-electron chi connectivity index (χ3n) is 4.86. The van der Waals surface area contributed by atoms with Gasteiger partial charge in [0.2, 0.25) is 5.91 Å². The summed E-state index contributed by atoms with van der Waals surface area (Å²) in [4.78, 5) is 19.2. The molecule has 2 aromatic rings. The van der Waals surface area contributed by atoms with Gasteiger partial charge >= 0.3 is 0 Å². The summed E-state index contributed by atoms with van der Waals surface area (Å²) in [5.74, 6) is 1.20. The largest absolute Gasteiger partial charge is 0.331 e. The van der Waals surface area contributed by atoms with Crippen LogP contribution in [0.25, 0.3) is 11.0 Å². The molecule has 2 heterocycles. The van der Waals surface area contributed by atoms with Gasteiger partial charge in [0.25, 0.3) is 0 Å². The molecule has 130 valence electrons. The molecule has 0 spiro atoms. The van der Waals surface area contributed by atoms with E-state index in [1.54, 1.807) is 0 Å². The number of anilines is 1. The first-order valence-electron chi connectivity index (χ1n) is 9.15. The van der Waals surface area contributed by atoms with Gasteiger partial charge in [-0.05, 0) is 50.6 Å². The van der Waals surface area contributed by atoms with E-state index in [0.717, 1.165) is 48.4 Å². The van der Waals surface area contributed by atoms with Gasteiger partial charge in [0, 0.05) is 32.1 Å². The minimum absolute atomic E-state index is 0.0846. The van der Waals surface area contributed by atoms with Crippen LogP contribution in [-0.2, 0) is 18.3 Å². The Bertz CT molecular complexity index is 701. The van der Waals surface area contributed by atoms with Crippen LogP contribution in [-0.4, -0.2) is 40.0 Å². The number of amides is 1. The van der Waals surface area contributed by atoms with Crippen molar-refractivity contribution in [2.45, 2.75) is 45.4 Å². The van der Waals surface area contributed by atoms with E-state index in [2.05, 4.69) is 34.8 Å². The lowest BCUT2D eigenvalue weighted by molar-refractivity contribution is -0.116. The summed E-state index contributed by atoms with van der Waals surface area (Å²) in [7, 11) is 2.08. The highest BCUT2D eigenvalue weighted by Gasteiger charge is 2.14. The fourth-order valence-electron chi connectivity index (χ4n) is 3.38. The van der Waals surface area contributed by atoms with Crippen molar-refractivity contribution in [2.24, 2.45) is 7.05 Å². The molecule has 0 aliphatic carbocycles. The molecule has 1 aromatic heterocycles. The molecular weight excluding hydrogens is 300 g/mol. The van der Waals surface area contributed by atoms with Crippen molar-refractivity contribution in [3.05, 3.63) is 24.0 Å². The van der Waals surface area contributed by atoms with E-state index in [9.17, 15) is 4.79 Å². The van der Waals surface area contributed by atoms with Crippen molar-refractivity contribution < 1.29 is 4.79 Å². The van der Waals surface area contributed by atoms with Crippen LogP contribution < -0.4 is 5.32 Å². The van der Waals surface area contributed by atoms with Crippen LogP contribution in [0.1, 0.15) is 44.9 Å². The topological polar surface area (TPSA) is 50.2 Å². The number of imidazole rings is 1. The third kappa shape index (κ3) is 3.96. The van der Waals surface area contributed by atoms with Crippen LogP contribution in [0.2, 0.25) is 0 Å². The second-order valence-corrected chi connectivity index (χ2v) is 6.74. The van der Waals surface area contributed by atoms with Crippen molar-refractivity contribution in [2.75, 3.05) is 25.0 Å². The molecule has 1 N–H and O–H groups in total. The zero-order valence-corrected chi connectivity index (χ0v) is 14.8. The molecule has 0 radical (unpaired) electrons. The number of unbranched alkanes of at least 4 members (excludes halogenated alkanes) is 1. The molecule has 5 heteroatoms. The van der Waals surface area contributed by atoms with Gasteiger partial charge in [-0.15, -0.1) is 0 Å². The number of benzene rings is 1. The average molecular weight is 328 g/mol. The number of hydrogen-bond donors (Lipinski definition) is 1. The molecule has 24 heavy (non-hydrogen) atoms. The van der Waals surface area contributed by atoms with Crippen molar-refractivity contribution in [3.8, 4) is 0 Å². The highest BCUT2D eigenvalue weighted by atomic mass is 16.1. The van der Waals surface area contributed by atoms with Gasteiger partial charge in [-0.2, -0.15) is 0 Å². The second-order valence-electron chi connectivity index (χ2n) is 6.74. The number of carbonyl (C=O) groups is 1. The third-order valence-corrected chi connectivity index (χ3v) is 4.86. The van der Waals surface area contributed by atoms with Gasteiger partial charge in [0.15, 0.2) is 0 Å². The van der Waals surface area contributed by atoms with E-state index in [1.165, 1.54) is 25.9 Å². The molecule has 3 rings (SSSR count). The Morgan fingerprint density at radius 1 is 1.29 bits per heavy atom. The lowest BCUT2D eigenvalue weighted by Gasteiger charge is -2.13. The minimum atomic E-state index is 0.0846. The standard InChI is InChI=1S/C19H28N4O/c1-3-4-7-19(24)20-15-8-9-17-16(14-15)21-18(22(17)2)10-13-23-11-5-6-12-23/h8-9,14H,3-7,10-13H2,1-2H3,(H,20,24). The lowest BCUT2D eigenvalue weighted by Crippen LogP contribution is -2.22. The number of aromatic nitrogens is 2. The molecule has 1 aromatic carbocycles. The maximum absolute atomic E-state index is 11.9. The Morgan fingerprint density at radius 2 is 2.08 bits per heavy atom. The molecule has 1 aliphatic heterocycles. The van der Waals surface area contributed by atoms with Crippen molar-refractivity contribution in [3.63, 3.8) is 0 Å². The molecule has 1 amide bonds. The monoisotopic (exact) mass is 328 g/mol. The van der Waals surface area contributed by atoms with E-state index in [-0.39, 0.29) is 5.91 Å². The molecule has 0 unspecified atom stereocenters. The summed E-state index contributed by atoms with van der Waals surface area (Å²) < 4.78 is 2.17. The van der Waals surface area contributed by atoms with E-state index < -0.39 is 0 Å². The Hall–Kier alpha value is -1.88. The lowest BCUT2D eigenvalue weighted by atomic mass is 10.2. The Kier molecular flexibility index (Phi) is 5.51. The Labute approximate surface area is 144 Å². The summed E-state index contributed by atoms with van der Waals surface area (Å²) in [6, 6.07) is 6.01. The fourth-order valence-corrected chi connectivity index (χ4v) is 3.38. The minimum Gasteiger partial charge on any atom is -0.331 e. The van der Waals surface area contributed by atoms with Crippen LogP contribution in [0.4, 0.5) is 5.69 Å². The average Bonchev–Trinajstić information content (AvgIpc) is 3.19. The van der Waals surface area contributed by atoms with E-state index in [4.69, 9.17) is 4.98 Å². The van der Waals surface area contributed by atoms with Gasteiger partial charge in [0.1, 0.15) is 5.82 Å². The summed E-state index contributed by atoms with van der Waals surface area (Å²) in [6.45, 7) is 5.62. The zero-order chi connectivity index (χ0) is 16.9. The van der Waals surface area contributed by atoms with Gasteiger partial charge < -0.3 is 14.8 Å². The van der Waals surface area contributed by atoms with E-state index >= 15 is 0 Å². The van der Waals surface area contributed by atoms with Gasteiger partial charge in [-0.1, -0.05) is 13.3 Å². The number of aryl methyl sites for hydroxylation is 1. The van der Waals surface area contributed by atoms with Gasteiger partial charge in [-0.3, -0.25) is 4.79 Å². The maximum atomic E-state index is 11.9. The molecule has 5 nitrogen and oxygen atoms in total. The quantitative estimate of drug-likeness (QED) is 0.848. The normalized spacial score (nSPS) is 15.2. The van der Waals surface area contributed by atoms with Crippen LogP contribution in [0, 0.1) is 0 Å². The van der Waals surface area contributed by atoms with Crippen LogP contribution >= 0.6 is 0 Å². The van der Waals surface area contributed by atoms with Crippen molar-refractivity contribution in [1.82, 2.24) is 14.5 Å². The van der Waals surface area contributed by atoms with Crippen LogP contribution in [0.5, 0.6) is 0 Å². The summed E-state index contributed by atoms with van der Waals surface area (Å²) in [5.41, 5.74) is 2.92. The molecule has 0 atom stereocenters. The number of likely N-dealkylation sites (tertiary alicyclic amines) is 1. The molecule has 1 saturated heterocycles. The Balaban J connectivity index is 1.69. The summed E-state index contributed by atoms with van der Waals surface area (Å²) in [5, 5.41) is 2.98. The van der Waals surface area contributed by atoms with Gasteiger partial charge in [-0.25, -0.2) is 4.98 Å². The molecule has 0 bridgehead atoms. The molecular formula is C19H28N4O. The van der Waals surface area contributed by atoms with Crippen molar-refractivity contribution >= 4 is 22.6 Å². The van der Waals surface area contributed by atoms with E-state index in [1.807, 2.05) is 12.1 Å². The molecule has 0 saturated carbocycles. The number of carbonyl (C=O) groups excluding carboxylic acids is 1. The summed E-state index contributed by atoms with van der Waals surface area (Å²) >= 11 is 0. The molecule has 1 fully saturated rings. The number of hydrogen-bond acceptors (Lipinski definition) is 3. The second kappa shape index (κ2) is 7.79. The number of rotatable bonds is 7. The smallest absolute Gasteiger partial charge is 0.224 e. The first kappa shape index (κ1) is 17.0. The van der Waals surface area contributed by atoms with Gasteiger partial charge in [0.05, 0.1) is 11.0 Å². The summed E-state index contributed by atoms with van der Waals surface area (Å²) in [6.07, 6.45) is 6.17. The van der Waals surface area contributed by atoms with E-state index in [0.29, 0.717) is 6.42 Å². The van der Waals surface area contributed by atoms with Crippen molar-refractivity contribution in [1.29, 1.82) is 0 Å². The zero-order valence-electron chi connectivity index (χ0n) is 14.8. The first-order valence-corrected chi connectivity index (χ1v) is 9.15. The number of fused-ring (bicyclic) bond motifs is 1. The maximum Gasteiger partial charge on any atom is 0.224 e. The van der Waals surface area contributed by atoms with Crippen LogP contribution in [0.3, 0.4) is 0 Å². The number of nitrogens with one attached hydrogen (secondary N) is 1. The van der Waals surface area contributed by atoms with Crippen LogP contribution in [0.15, 0.2) is 18.2 Å². The first-order chi connectivity index (χ1) is 11.7. The predicted octanol–water partition coefficient (Wildman–Crippen LogP) is 3.34. The highest BCUT2D eigenvalue weighted by Crippen LogP contribution is 2.21. The fraction of sp³-hybridized carbons (Fsp3) is 0.579. The number of nitrogens with zero attached hydrogens (tertiary/aromatic N) is 3. The molecule has 1 aliphatic rings. The Morgan fingerprint density at radius 3 is 2.83 bits per heavy atom. The SMILES string of the molecule is CCCCC(=O)Nc1ccc2c(c1)nc(CCN1CCCC1)n2C. The predicted molar refractivity (Wildman–Crippen MR) is 98.2 cm³/mol.